The molecule has 0 amide bonds. The van der Waals surface area contributed by atoms with E-state index in [0.717, 1.165) is 0 Å². The summed E-state index contributed by atoms with van der Waals surface area (Å²) in [5, 5.41) is 0. The Labute approximate surface area is 87.8 Å². The molecule has 0 radical (unpaired) electrons. The molecular formula is C8H22NNa. The molecule has 0 saturated heterocycles. The van der Waals surface area contributed by atoms with E-state index in [9.17, 15) is 0 Å². The second-order valence-corrected chi connectivity index (χ2v) is 2.41. The monoisotopic (exact) mass is 155 g/mol. The Bertz CT molecular complexity index is 34.2. The minimum atomic E-state index is 0. The fourth-order valence-electron chi connectivity index (χ4n) is 0.854. The molecule has 60 valence electrons. The Balaban J connectivity index is -0.000000245. The molecule has 0 unspecified atom stereocenters. The molecule has 0 saturated carbocycles. The van der Waals surface area contributed by atoms with Crippen molar-refractivity contribution in [3.63, 3.8) is 0 Å². The van der Waals surface area contributed by atoms with E-state index in [1.54, 1.807) is 0 Å². The Kier molecular flexibility index (Phi) is 28.3. The molecule has 0 rings (SSSR count). The van der Waals surface area contributed by atoms with Gasteiger partial charge in [0.15, 0.2) is 0 Å². The number of unbranched alkanes of at least 4 members (excludes halogenated alkanes) is 5. The fourth-order valence-corrected chi connectivity index (χ4v) is 0.854. The van der Waals surface area contributed by atoms with Crippen LogP contribution in [-0.4, -0.2) is 29.6 Å². The standard InChI is InChI=1S/C8H18.H3N.Na.H/c1-3-5-7-8-6-4-2;;;/h3-8H2,1-2H3;1H3;;. The molecule has 0 aliphatic carbocycles. The van der Waals surface area contributed by atoms with Crippen molar-refractivity contribution in [2.24, 2.45) is 0 Å². The molecule has 0 atom stereocenters. The van der Waals surface area contributed by atoms with Crippen LogP contribution in [0.4, 0.5) is 0 Å². The van der Waals surface area contributed by atoms with E-state index in [-0.39, 0.29) is 35.7 Å². The molecule has 0 aromatic heterocycles. The van der Waals surface area contributed by atoms with E-state index in [1.165, 1.54) is 38.5 Å². The van der Waals surface area contributed by atoms with Crippen LogP contribution < -0.4 is 6.15 Å². The van der Waals surface area contributed by atoms with E-state index in [4.69, 9.17) is 0 Å². The molecule has 0 fully saturated rings. The second-order valence-electron chi connectivity index (χ2n) is 2.41. The van der Waals surface area contributed by atoms with E-state index >= 15 is 0 Å². The van der Waals surface area contributed by atoms with Crippen LogP contribution in [0.1, 0.15) is 52.4 Å². The van der Waals surface area contributed by atoms with Gasteiger partial charge in [-0.1, -0.05) is 52.4 Å². The van der Waals surface area contributed by atoms with Crippen molar-refractivity contribution >= 4 is 29.6 Å². The molecule has 2 heteroatoms. The van der Waals surface area contributed by atoms with E-state index in [1.807, 2.05) is 0 Å². The zero-order valence-corrected chi connectivity index (χ0v) is 6.95. The maximum absolute atomic E-state index is 2.26. The van der Waals surface area contributed by atoms with Gasteiger partial charge >= 0.3 is 29.6 Å². The molecule has 0 heterocycles. The number of rotatable bonds is 5. The molecule has 0 bridgehead atoms. The van der Waals surface area contributed by atoms with Crippen LogP contribution >= 0.6 is 0 Å². The van der Waals surface area contributed by atoms with Gasteiger partial charge in [0.25, 0.3) is 0 Å². The summed E-state index contributed by atoms with van der Waals surface area (Å²) in [7, 11) is 0. The van der Waals surface area contributed by atoms with Crippen molar-refractivity contribution in [1.82, 2.24) is 6.15 Å². The van der Waals surface area contributed by atoms with Crippen LogP contribution in [0.5, 0.6) is 0 Å². The Morgan fingerprint density at radius 3 is 1.20 bits per heavy atom. The molecular weight excluding hydrogens is 133 g/mol. The molecule has 0 aromatic carbocycles. The summed E-state index contributed by atoms with van der Waals surface area (Å²) >= 11 is 0. The fraction of sp³-hybridized carbons (Fsp3) is 1.00. The van der Waals surface area contributed by atoms with Crippen molar-refractivity contribution in [2.45, 2.75) is 52.4 Å². The maximum atomic E-state index is 2.26. The summed E-state index contributed by atoms with van der Waals surface area (Å²) in [5.41, 5.74) is 0. The van der Waals surface area contributed by atoms with Crippen LogP contribution in [0.15, 0.2) is 0 Å². The van der Waals surface area contributed by atoms with Crippen molar-refractivity contribution in [3.8, 4) is 0 Å². The Hall–Kier alpha value is 0.960. The third-order valence-electron chi connectivity index (χ3n) is 1.46. The SMILES string of the molecule is CCCCCCCC.N.[NaH]. The van der Waals surface area contributed by atoms with Gasteiger partial charge in [0, 0.05) is 0 Å². The normalized spacial score (nSPS) is 7.80. The first-order chi connectivity index (χ1) is 3.91. The first kappa shape index (κ1) is 17.2. The van der Waals surface area contributed by atoms with E-state index in [0.29, 0.717) is 0 Å². The Morgan fingerprint density at radius 2 is 1.00 bits per heavy atom. The van der Waals surface area contributed by atoms with Gasteiger partial charge in [0.05, 0.1) is 0 Å². The van der Waals surface area contributed by atoms with Crippen molar-refractivity contribution in [2.75, 3.05) is 0 Å². The molecule has 0 spiro atoms. The summed E-state index contributed by atoms with van der Waals surface area (Å²) in [5.74, 6) is 0. The average molecular weight is 155 g/mol. The minimum absolute atomic E-state index is 0. The zero-order valence-electron chi connectivity index (χ0n) is 6.95. The summed E-state index contributed by atoms with van der Waals surface area (Å²) < 4.78 is 0. The summed E-state index contributed by atoms with van der Waals surface area (Å²) in [6.07, 6.45) is 8.49. The quantitative estimate of drug-likeness (QED) is 0.481. The molecule has 0 aliphatic heterocycles. The van der Waals surface area contributed by atoms with Crippen LogP contribution in [-0.2, 0) is 0 Å². The van der Waals surface area contributed by atoms with Gasteiger partial charge < -0.3 is 6.15 Å². The molecule has 3 N–H and O–H groups in total. The van der Waals surface area contributed by atoms with E-state index in [2.05, 4.69) is 13.8 Å². The molecule has 1 nitrogen and oxygen atoms in total. The molecule has 0 aliphatic rings. The van der Waals surface area contributed by atoms with Crippen LogP contribution in [0, 0.1) is 0 Å². The summed E-state index contributed by atoms with van der Waals surface area (Å²) in [6, 6.07) is 0. The summed E-state index contributed by atoms with van der Waals surface area (Å²) in [6.45, 7) is 4.51. The van der Waals surface area contributed by atoms with Gasteiger partial charge in [-0.15, -0.1) is 0 Å². The number of hydrogen-bond acceptors (Lipinski definition) is 1. The van der Waals surface area contributed by atoms with Crippen LogP contribution in [0.2, 0.25) is 0 Å². The van der Waals surface area contributed by atoms with Crippen LogP contribution in [0.25, 0.3) is 0 Å². The Morgan fingerprint density at radius 1 is 0.700 bits per heavy atom. The third-order valence-corrected chi connectivity index (χ3v) is 1.46. The van der Waals surface area contributed by atoms with Gasteiger partial charge in [-0.25, -0.2) is 0 Å². The van der Waals surface area contributed by atoms with Crippen molar-refractivity contribution < 1.29 is 0 Å². The van der Waals surface area contributed by atoms with Gasteiger partial charge in [-0.3, -0.25) is 0 Å². The zero-order chi connectivity index (χ0) is 6.24. The van der Waals surface area contributed by atoms with Gasteiger partial charge in [0.1, 0.15) is 0 Å². The first-order valence-corrected chi connectivity index (χ1v) is 3.91. The molecule has 10 heavy (non-hydrogen) atoms. The van der Waals surface area contributed by atoms with E-state index < -0.39 is 0 Å². The topological polar surface area (TPSA) is 35.0 Å². The van der Waals surface area contributed by atoms with Gasteiger partial charge in [-0.2, -0.15) is 0 Å². The second kappa shape index (κ2) is 16.5. The molecule has 0 aromatic rings. The van der Waals surface area contributed by atoms with Crippen molar-refractivity contribution in [3.05, 3.63) is 0 Å². The van der Waals surface area contributed by atoms with Gasteiger partial charge in [-0.05, 0) is 0 Å². The predicted molar refractivity (Wildman–Crippen MR) is 51.2 cm³/mol. The number of hydrogen-bond donors (Lipinski definition) is 1. The van der Waals surface area contributed by atoms with Crippen LogP contribution in [0.3, 0.4) is 0 Å². The third kappa shape index (κ3) is 16.0. The average Bonchev–Trinajstić information content (AvgIpc) is 1.81. The van der Waals surface area contributed by atoms with Gasteiger partial charge in [0.2, 0.25) is 0 Å². The summed E-state index contributed by atoms with van der Waals surface area (Å²) in [4.78, 5) is 0. The predicted octanol–water partition coefficient (Wildman–Crippen LogP) is 2.88. The van der Waals surface area contributed by atoms with Crippen molar-refractivity contribution in [1.29, 1.82) is 0 Å². The first-order valence-electron chi connectivity index (χ1n) is 3.91.